The van der Waals surface area contributed by atoms with Crippen molar-refractivity contribution in [2.75, 3.05) is 51.2 Å². The number of nitro benzene ring substituents is 1. The molecule has 0 radical (unpaired) electrons. The number of fused-ring (bicyclic) bond motifs is 1. The van der Waals surface area contributed by atoms with Gasteiger partial charge in [-0.05, 0) is 19.0 Å². The molecular formula is C16H22N4O3. The van der Waals surface area contributed by atoms with Crippen molar-refractivity contribution in [1.29, 1.82) is 0 Å². The summed E-state index contributed by atoms with van der Waals surface area (Å²) in [6.07, 6.45) is 1.10. The smallest absolute Gasteiger partial charge is 0.293 e. The average molecular weight is 318 g/mol. The quantitative estimate of drug-likeness (QED) is 0.615. The Morgan fingerprint density at radius 2 is 1.96 bits per heavy atom. The minimum atomic E-state index is -0.398. The van der Waals surface area contributed by atoms with Crippen LogP contribution in [0.25, 0.3) is 0 Å². The monoisotopic (exact) mass is 318 g/mol. The Kier molecular flexibility index (Phi) is 4.58. The first-order valence-electron chi connectivity index (χ1n) is 8.04. The minimum absolute atomic E-state index is 0.0167. The molecule has 0 bridgehead atoms. The van der Waals surface area contributed by atoms with Gasteiger partial charge >= 0.3 is 0 Å². The van der Waals surface area contributed by atoms with Gasteiger partial charge in [-0.25, -0.2) is 0 Å². The largest absolute Gasteiger partial charge is 0.306 e. The number of nitrogens with zero attached hydrogens (tertiary/aromatic N) is 4. The lowest BCUT2D eigenvalue weighted by molar-refractivity contribution is -0.384. The lowest BCUT2D eigenvalue weighted by Gasteiger charge is -2.32. The number of anilines is 1. The summed E-state index contributed by atoms with van der Waals surface area (Å²) in [5.41, 5.74) is 1.43. The van der Waals surface area contributed by atoms with E-state index in [9.17, 15) is 14.9 Å². The summed E-state index contributed by atoms with van der Waals surface area (Å²) in [4.78, 5) is 29.5. The van der Waals surface area contributed by atoms with E-state index in [0.29, 0.717) is 25.1 Å². The van der Waals surface area contributed by atoms with Crippen molar-refractivity contribution in [3.05, 3.63) is 33.9 Å². The van der Waals surface area contributed by atoms with Crippen LogP contribution in [0.5, 0.6) is 0 Å². The number of likely N-dealkylation sites (N-methyl/N-ethyl adjacent to an activating group) is 1. The summed E-state index contributed by atoms with van der Waals surface area (Å²) in [7, 11) is 2.10. The second-order valence-electron chi connectivity index (χ2n) is 6.23. The maximum atomic E-state index is 12.6. The van der Waals surface area contributed by atoms with E-state index in [2.05, 4.69) is 16.8 Å². The highest BCUT2D eigenvalue weighted by molar-refractivity contribution is 5.98. The van der Waals surface area contributed by atoms with Crippen LogP contribution >= 0.6 is 0 Å². The Balaban J connectivity index is 1.65. The summed E-state index contributed by atoms with van der Waals surface area (Å²) in [5, 5.41) is 11.2. The van der Waals surface area contributed by atoms with Crippen LogP contribution in [-0.4, -0.2) is 66.9 Å². The molecule has 1 amide bonds. The number of rotatable bonds is 4. The fourth-order valence-corrected chi connectivity index (χ4v) is 3.29. The summed E-state index contributed by atoms with van der Waals surface area (Å²) in [6.45, 7) is 5.25. The molecule has 0 aliphatic carbocycles. The molecule has 1 aromatic rings. The molecule has 1 saturated heterocycles. The molecule has 124 valence electrons. The van der Waals surface area contributed by atoms with Gasteiger partial charge in [0.2, 0.25) is 5.91 Å². The molecule has 7 nitrogen and oxygen atoms in total. The molecule has 2 heterocycles. The number of piperazine rings is 1. The Morgan fingerprint density at radius 1 is 1.22 bits per heavy atom. The molecule has 23 heavy (non-hydrogen) atoms. The minimum Gasteiger partial charge on any atom is -0.306 e. The maximum Gasteiger partial charge on any atom is 0.293 e. The molecule has 1 fully saturated rings. The molecule has 0 spiro atoms. The lowest BCUT2D eigenvalue weighted by atomic mass is 10.1. The van der Waals surface area contributed by atoms with E-state index in [4.69, 9.17) is 0 Å². The predicted octanol–water partition coefficient (Wildman–Crippen LogP) is 1.12. The molecule has 0 unspecified atom stereocenters. The van der Waals surface area contributed by atoms with Crippen molar-refractivity contribution in [2.45, 2.75) is 12.8 Å². The molecule has 2 aliphatic heterocycles. The van der Waals surface area contributed by atoms with Crippen LogP contribution in [0.3, 0.4) is 0 Å². The normalized spacial score (nSPS) is 18.9. The second-order valence-corrected chi connectivity index (χ2v) is 6.23. The van der Waals surface area contributed by atoms with E-state index in [1.54, 1.807) is 11.0 Å². The van der Waals surface area contributed by atoms with Crippen molar-refractivity contribution >= 4 is 17.3 Å². The predicted molar refractivity (Wildman–Crippen MR) is 87.7 cm³/mol. The zero-order valence-electron chi connectivity index (χ0n) is 13.4. The van der Waals surface area contributed by atoms with E-state index in [1.165, 1.54) is 6.07 Å². The third kappa shape index (κ3) is 3.35. The van der Waals surface area contributed by atoms with Gasteiger partial charge in [-0.2, -0.15) is 0 Å². The van der Waals surface area contributed by atoms with Crippen LogP contribution in [0, 0.1) is 10.1 Å². The van der Waals surface area contributed by atoms with Gasteiger partial charge in [0, 0.05) is 51.8 Å². The highest BCUT2D eigenvalue weighted by atomic mass is 16.6. The van der Waals surface area contributed by atoms with Gasteiger partial charge in [0.1, 0.15) is 5.69 Å². The van der Waals surface area contributed by atoms with Crippen molar-refractivity contribution in [2.24, 2.45) is 0 Å². The van der Waals surface area contributed by atoms with Crippen LogP contribution in [-0.2, 0) is 11.2 Å². The number of carbonyl (C=O) groups is 1. The number of para-hydroxylation sites is 1. The second kappa shape index (κ2) is 6.64. The molecule has 0 aromatic heterocycles. The van der Waals surface area contributed by atoms with Crippen molar-refractivity contribution in [1.82, 2.24) is 9.80 Å². The van der Waals surface area contributed by atoms with Crippen LogP contribution in [0.1, 0.15) is 12.0 Å². The summed E-state index contributed by atoms with van der Waals surface area (Å²) < 4.78 is 0. The Hall–Kier alpha value is -1.99. The van der Waals surface area contributed by atoms with Crippen molar-refractivity contribution in [3.8, 4) is 0 Å². The molecule has 0 N–H and O–H groups in total. The average Bonchev–Trinajstić information content (AvgIpc) is 2.98. The van der Waals surface area contributed by atoms with Crippen LogP contribution < -0.4 is 4.90 Å². The lowest BCUT2D eigenvalue weighted by Crippen LogP contribution is -2.45. The van der Waals surface area contributed by atoms with E-state index in [1.807, 2.05) is 6.07 Å². The number of carbonyl (C=O) groups excluding carboxylic acids is 1. The highest BCUT2D eigenvalue weighted by Crippen LogP contribution is 2.37. The molecule has 1 aromatic carbocycles. The van der Waals surface area contributed by atoms with Gasteiger partial charge in [0.25, 0.3) is 5.69 Å². The first kappa shape index (κ1) is 15.9. The molecule has 2 aliphatic rings. The Morgan fingerprint density at radius 3 is 2.65 bits per heavy atom. The van der Waals surface area contributed by atoms with Crippen LogP contribution in [0.15, 0.2) is 18.2 Å². The number of nitro groups is 1. The maximum absolute atomic E-state index is 12.6. The fraction of sp³-hybridized carbons (Fsp3) is 0.562. The first-order valence-corrected chi connectivity index (χ1v) is 8.04. The van der Waals surface area contributed by atoms with Gasteiger partial charge < -0.3 is 14.7 Å². The zero-order valence-corrected chi connectivity index (χ0v) is 13.4. The topological polar surface area (TPSA) is 69.9 Å². The van der Waals surface area contributed by atoms with Gasteiger partial charge in [-0.3, -0.25) is 14.9 Å². The molecule has 7 heteroatoms. The van der Waals surface area contributed by atoms with E-state index in [0.717, 1.165) is 38.3 Å². The standard InChI is InChI=1S/C16H22N4O3/c1-17-9-11-18(12-10-17)7-6-15(21)19-8-5-13-3-2-4-14(16(13)19)20(22)23/h2-4H,5-12H2,1H3. The number of hydrogen-bond donors (Lipinski definition) is 0. The van der Waals surface area contributed by atoms with E-state index < -0.39 is 4.92 Å². The number of benzene rings is 1. The van der Waals surface area contributed by atoms with Crippen LogP contribution in [0.4, 0.5) is 11.4 Å². The molecule has 0 saturated carbocycles. The molecule has 3 rings (SSSR count). The Bertz CT molecular complexity index is 611. The highest BCUT2D eigenvalue weighted by Gasteiger charge is 2.31. The van der Waals surface area contributed by atoms with Crippen molar-refractivity contribution in [3.63, 3.8) is 0 Å². The summed E-state index contributed by atoms with van der Waals surface area (Å²) in [6, 6.07) is 5.04. The first-order chi connectivity index (χ1) is 11.1. The third-order valence-corrected chi connectivity index (χ3v) is 4.71. The van der Waals surface area contributed by atoms with E-state index in [-0.39, 0.29) is 11.6 Å². The molecular weight excluding hydrogens is 296 g/mol. The van der Waals surface area contributed by atoms with Crippen molar-refractivity contribution < 1.29 is 9.72 Å². The SMILES string of the molecule is CN1CCN(CCC(=O)N2CCc3cccc([N+](=O)[O-])c32)CC1. The summed E-state index contributed by atoms with van der Waals surface area (Å²) >= 11 is 0. The van der Waals surface area contributed by atoms with Gasteiger partial charge in [0.15, 0.2) is 0 Å². The van der Waals surface area contributed by atoms with Gasteiger partial charge in [-0.15, -0.1) is 0 Å². The van der Waals surface area contributed by atoms with Crippen LogP contribution in [0.2, 0.25) is 0 Å². The van der Waals surface area contributed by atoms with Gasteiger partial charge in [0.05, 0.1) is 4.92 Å². The third-order valence-electron chi connectivity index (χ3n) is 4.71. The molecule has 0 atom stereocenters. The van der Waals surface area contributed by atoms with E-state index >= 15 is 0 Å². The fourth-order valence-electron chi connectivity index (χ4n) is 3.29. The Labute approximate surface area is 135 Å². The number of amides is 1. The number of hydrogen-bond acceptors (Lipinski definition) is 5. The van der Waals surface area contributed by atoms with Gasteiger partial charge in [-0.1, -0.05) is 12.1 Å². The zero-order chi connectivity index (χ0) is 16.4. The summed E-state index contributed by atoms with van der Waals surface area (Å²) in [5.74, 6) is -0.0167.